The topological polar surface area (TPSA) is 38.3 Å². The van der Waals surface area contributed by atoms with E-state index in [-0.39, 0.29) is 12.5 Å². The molecule has 2 aromatic rings. The molecule has 3 nitrogen and oxygen atoms in total. The van der Waals surface area contributed by atoms with Gasteiger partial charge in [-0.05, 0) is 89.4 Å². The van der Waals surface area contributed by atoms with Crippen LogP contribution in [-0.4, -0.2) is 12.5 Å². The van der Waals surface area contributed by atoms with E-state index >= 15 is 0 Å². The van der Waals surface area contributed by atoms with Gasteiger partial charge in [-0.25, -0.2) is 0 Å². The summed E-state index contributed by atoms with van der Waals surface area (Å²) in [6, 6.07) is 13.8. The molecule has 108 valence electrons. The van der Waals surface area contributed by atoms with Crippen LogP contribution in [0.2, 0.25) is 0 Å². The Hall–Kier alpha value is -1.56. The summed E-state index contributed by atoms with van der Waals surface area (Å²) in [5.41, 5.74) is 3.55. The number of carbonyl (C=O) groups is 1. The van der Waals surface area contributed by atoms with E-state index in [1.54, 1.807) is 0 Å². The Bertz CT molecular complexity index is 652. The molecule has 0 spiro atoms. The molecular formula is C17H16INO2. The number of carbonyl (C=O) groups excluding carboxylic acids is 1. The molecule has 0 fully saturated rings. The Balaban J connectivity index is 1.55. The summed E-state index contributed by atoms with van der Waals surface area (Å²) >= 11 is 2.23. The predicted molar refractivity (Wildman–Crippen MR) is 91.8 cm³/mol. The van der Waals surface area contributed by atoms with Gasteiger partial charge in [-0.15, -0.1) is 0 Å². The Labute approximate surface area is 137 Å². The second kappa shape index (κ2) is 6.47. The van der Waals surface area contributed by atoms with Gasteiger partial charge in [-0.2, -0.15) is 0 Å². The standard InChI is InChI=1S/C17H16INO2/c18-14-5-7-15(8-6-14)19-17(20)11-21-16-9-4-12-2-1-3-13(12)10-16/h4-10H,1-3,11H2,(H,19,20). The van der Waals surface area contributed by atoms with Gasteiger partial charge in [-0.3, -0.25) is 4.79 Å². The molecule has 0 heterocycles. The van der Waals surface area contributed by atoms with Gasteiger partial charge in [0.05, 0.1) is 0 Å². The number of halogens is 1. The highest BCUT2D eigenvalue weighted by molar-refractivity contribution is 14.1. The van der Waals surface area contributed by atoms with Crippen molar-refractivity contribution in [1.82, 2.24) is 0 Å². The molecule has 2 aromatic carbocycles. The molecule has 0 saturated heterocycles. The first-order valence-corrected chi connectivity index (χ1v) is 8.08. The van der Waals surface area contributed by atoms with Crippen molar-refractivity contribution in [3.8, 4) is 5.75 Å². The minimum atomic E-state index is -0.142. The molecule has 1 aliphatic rings. The van der Waals surface area contributed by atoms with E-state index in [4.69, 9.17) is 4.74 Å². The van der Waals surface area contributed by atoms with E-state index in [9.17, 15) is 4.79 Å². The van der Waals surface area contributed by atoms with Crippen LogP contribution in [0.1, 0.15) is 17.5 Å². The van der Waals surface area contributed by atoms with Gasteiger partial charge < -0.3 is 10.1 Å². The molecule has 0 atom stereocenters. The van der Waals surface area contributed by atoms with Crippen molar-refractivity contribution in [3.05, 3.63) is 57.2 Å². The van der Waals surface area contributed by atoms with Gasteiger partial charge in [0, 0.05) is 9.26 Å². The van der Waals surface area contributed by atoms with E-state index in [0.717, 1.165) is 27.8 Å². The molecule has 3 rings (SSSR count). The minimum absolute atomic E-state index is 0.0325. The largest absolute Gasteiger partial charge is 0.484 e. The van der Waals surface area contributed by atoms with Crippen molar-refractivity contribution in [2.75, 3.05) is 11.9 Å². The molecule has 0 bridgehead atoms. The lowest BCUT2D eigenvalue weighted by Gasteiger charge is -2.09. The molecule has 0 radical (unpaired) electrons. The number of fused-ring (bicyclic) bond motifs is 1. The van der Waals surface area contributed by atoms with Crippen LogP contribution in [0.25, 0.3) is 0 Å². The molecular weight excluding hydrogens is 377 g/mol. The maximum absolute atomic E-state index is 11.9. The van der Waals surface area contributed by atoms with Gasteiger partial charge in [0.2, 0.25) is 0 Å². The summed E-state index contributed by atoms with van der Waals surface area (Å²) in [5.74, 6) is 0.630. The summed E-state index contributed by atoms with van der Waals surface area (Å²) in [7, 11) is 0. The van der Waals surface area contributed by atoms with Crippen LogP contribution < -0.4 is 10.1 Å². The van der Waals surface area contributed by atoms with E-state index in [0.29, 0.717) is 0 Å². The number of hydrogen-bond acceptors (Lipinski definition) is 2. The molecule has 0 aliphatic heterocycles. The van der Waals surface area contributed by atoms with Crippen LogP contribution in [0.4, 0.5) is 5.69 Å². The third-order valence-corrected chi connectivity index (χ3v) is 4.29. The summed E-state index contributed by atoms with van der Waals surface area (Å²) in [6.45, 7) is 0.0325. The molecule has 0 aromatic heterocycles. The van der Waals surface area contributed by atoms with Crippen LogP contribution in [-0.2, 0) is 17.6 Å². The Morgan fingerprint density at radius 3 is 2.67 bits per heavy atom. The number of amides is 1. The minimum Gasteiger partial charge on any atom is -0.484 e. The van der Waals surface area contributed by atoms with Crippen molar-refractivity contribution in [1.29, 1.82) is 0 Å². The third kappa shape index (κ3) is 3.75. The normalized spacial score (nSPS) is 12.8. The number of ether oxygens (including phenoxy) is 1. The Kier molecular flexibility index (Phi) is 4.43. The van der Waals surface area contributed by atoms with E-state index in [2.05, 4.69) is 40.0 Å². The summed E-state index contributed by atoms with van der Waals surface area (Å²) in [6.07, 6.45) is 3.48. The number of hydrogen-bond donors (Lipinski definition) is 1. The van der Waals surface area contributed by atoms with Gasteiger partial charge >= 0.3 is 0 Å². The zero-order chi connectivity index (χ0) is 14.7. The average Bonchev–Trinajstić information content (AvgIpc) is 2.95. The number of benzene rings is 2. The van der Waals surface area contributed by atoms with Crippen molar-refractivity contribution >= 4 is 34.2 Å². The summed E-state index contributed by atoms with van der Waals surface area (Å²) in [5, 5.41) is 2.82. The Morgan fingerprint density at radius 1 is 1.10 bits per heavy atom. The number of nitrogens with one attached hydrogen (secondary N) is 1. The molecule has 1 amide bonds. The fourth-order valence-corrected chi connectivity index (χ4v) is 2.88. The second-order valence-corrected chi connectivity index (χ2v) is 6.37. The van der Waals surface area contributed by atoms with E-state index < -0.39 is 0 Å². The molecule has 0 unspecified atom stereocenters. The van der Waals surface area contributed by atoms with Crippen LogP contribution in [0.15, 0.2) is 42.5 Å². The van der Waals surface area contributed by atoms with E-state index in [1.165, 1.54) is 17.5 Å². The molecule has 1 aliphatic carbocycles. The monoisotopic (exact) mass is 393 g/mol. The first-order valence-electron chi connectivity index (χ1n) is 7.01. The van der Waals surface area contributed by atoms with Crippen molar-refractivity contribution in [2.24, 2.45) is 0 Å². The van der Waals surface area contributed by atoms with Crippen molar-refractivity contribution < 1.29 is 9.53 Å². The fraction of sp³-hybridized carbons (Fsp3) is 0.235. The van der Waals surface area contributed by atoms with E-state index in [1.807, 2.05) is 30.3 Å². The summed E-state index contributed by atoms with van der Waals surface area (Å²) in [4.78, 5) is 11.9. The highest BCUT2D eigenvalue weighted by Crippen LogP contribution is 2.26. The first-order chi connectivity index (χ1) is 10.2. The maximum Gasteiger partial charge on any atom is 0.262 e. The molecule has 4 heteroatoms. The lowest BCUT2D eigenvalue weighted by Crippen LogP contribution is -2.20. The van der Waals surface area contributed by atoms with Gasteiger partial charge in [-0.1, -0.05) is 6.07 Å². The molecule has 0 saturated carbocycles. The smallest absolute Gasteiger partial charge is 0.262 e. The van der Waals surface area contributed by atoms with Crippen molar-refractivity contribution in [3.63, 3.8) is 0 Å². The number of rotatable bonds is 4. The fourth-order valence-electron chi connectivity index (χ4n) is 2.52. The van der Waals surface area contributed by atoms with Crippen LogP contribution >= 0.6 is 22.6 Å². The quantitative estimate of drug-likeness (QED) is 0.803. The van der Waals surface area contributed by atoms with Crippen LogP contribution in [0.5, 0.6) is 5.75 Å². The van der Waals surface area contributed by atoms with Crippen molar-refractivity contribution in [2.45, 2.75) is 19.3 Å². The second-order valence-electron chi connectivity index (χ2n) is 5.13. The predicted octanol–water partition coefficient (Wildman–Crippen LogP) is 3.80. The highest BCUT2D eigenvalue weighted by Gasteiger charge is 2.11. The zero-order valence-corrected chi connectivity index (χ0v) is 13.7. The average molecular weight is 393 g/mol. The lowest BCUT2D eigenvalue weighted by molar-refractivity contribution is -0.118. The molecule has 21 heavy (non-hydrogen) atoms. The highest BCUT2D eigenvalue weighted by atomic mass is 127. The van der Waals surface area contributed by atoms with Gasteiger partial charge in [0.15, 0.2) is 6.61 Å². The number of aryl methyl sites for hydroxylation is 2. The number of anilines is 1. The van der Waals surface area contributed by atoms with Gasteiger partial charge in [0.1, 0.15) is 5.75 Å². The third-order valence-electron chi connectivity index (χ3n) is 3.57. The summed E-state index contributed by atoms with van der Waals surface area (Å²) < 4.78 is 6.71. The first kappa shape index (κ1) is 14.4. The Morgan fingerprint density at radius 2 is 1.86 bits per heavy atom. The molecule has 1 N–H and O–H groups in total. The zero-order valence-electron chi connectivity index (χ0n) is 11.6. The maximum atomic E-state index is 11.9. The lowest BCUT2D eigenvalue weighted by atomic mass is 10.1. The SMILES string of the molecule is O=C(COc1ccc2c(c1)CCC2)Nc1ccc(I)cc1. The van der Waals surface area contributed by atoms with Crippen LogP contribution in [0, 0.1) is 3.57 Å². The van der Waals surface area contributed by atoms with Crippen LogP contribution in [0.3, 0.4) is 0 Å². The van der Waals surface area contributed by atoms with Gasteiger partial charge in [0.25, 0.3) is 5.91 Å².